The van der Waals surface area contributed by atoms with Crippen molar-refractivity contribution in [1.29, 1.82) is 0 Å². The van der Waals surface area contributed by atoms with Crippen molar-refractivity contribution in [2.75, 3.05) is 0 Å². The van der Waals surface area contributed by atoms with Crippen LogP contribution in [0.25, 0.3) is 0 Å². The Bertz CT molecular complexity index is 760. The Morgan fingerprint density at radius 2 is 1.74 bits per heavy atom. The fourth-order valence-electron chi connectivity index (χ4n) is 3.04. The molecule has 0 aliphatic heterocycles. The highest BCUT2D eigenvalue weighted by Crippen LogP contribution is 2.27. The maximum Gasteiger partial charge on any atom is 0.573 e. The number of para-hydroxylation sites is 1. The summed E-state index contributed by atoms with van der Waals surface area (Å²) in [5.41, 5.74) is -0.137. The van der Waals surface area contributed by atoms with Gasteiger partial charge in [-0.1, -0.05) is 18.2 Å². The number of carbonyl (C=O) groups is 1. The lowest BCUT2D eigenvalue weighted by molar-refractivity contribution is -0.274. The van der Waals surface area contributed by atoms with Crippen LogP contribution in [0.2, 0.25) is 0 Å². The molecule has 2 aromatic rings. The maximum atomic E-state index is 12.5. The van der Waals surface area contributed by atoms with Crippen LogP contribution in [0.15, 0.2) is 48.7 Å². The number of hydrogen-bond donors (Lipinski definition) is 1. The molecule has 1 aromatic carbocycles. The Morgan fingerprint density at radius 3 is 2.41 bits per heavy atom. The number of amides is 1. The lowest BCUT2D eigenvalue weighted by atomic mass is 9.92. The van der Waals surface area contributed by atoms with Crippen molar-refractivity contribution < 1.29 is 27.4 Å². The molecule has 0 bridgehead atoms. The number of carbonyl (C=O) groups excluding carboxylic acids is 1. The summed E-state index contributed by atoms with van der Waals surface area (Å²) in [6.45, 7) is 0. The Hall–Kier alpha value is -2.77. The molecule has 3 rings (SSSR count). The third-order valence-corrected chi connectivity index (χ3v) is 4.29. The van der Waals surface area contributed by atoms with Gasteiger partial charge in [0, 0.05) is 18.3 Å². The summed E-state index contributed by atoms with van der Waals surface area (Å²) in [5, 5.41) is 2.79. The van der Waals surface area contributed by atoms with E-state index in [1.165, 1.54) is 18.2 Å². The predicted molar refractivity (Wildman–Crippen MR) is 91.5 cm³/mol. The van der Waals surface area contributed by atoms with Gasteiger partial charge in [0.2, 0.25) is 5.88 Å². The number of nitrogens with one attached hydrogen (secondary N) is 1. The van der Waals surface area contributed by atoms with Crippen molar-refractivity contribution in [3.05, 3.63) is 54.2 Å². The van der Waals surface area contributed by atoms with Crippen molar-refractivity contribution in [1.82, 2.24) is 10.3 Å². The molecule has 144 valence electrons. The molecule has 0 saturated heterocycles. The predicted octanol–water partition coefficient (Wildman–Crippen LogP) is 4.10. The lowest BCUT2D eigenvalue weighted by Gasteiger charge is -2.29. The minimum absolute atomic E-state index is 0.00824. The molecule has 0 spiro atoms. The molecule has 1 aliphatic carbocycles. The van der Waals surface area contributed by atoms with Crippen LogP contribution < -0.4 is 14.8 Å². The average Bonchev–Trinajstić information content (AvgIpc) is 2.63. The average molecular weight is 380 g/mol. The first kappa shape index (κ1) is 19.0. The minimum atomic E-state index is -4.85. The third-order valence-electron chi connectivity index (χ3n) is 4.29. The first-order valence-electron chi connectivity index (χ1n) is 8.64. The van der Waals surface area contributed by atoms with E-state index in [2.05, 4.69) is 15.0 Å². The number of hydrogen-bond acceptors (Lipinski definition) is 4. The fraction of sp³-hybridized carbons (Fsp3) is 0.368. The van der Waals surface area contributed by atoms with Crippen molar-refractivity contribution in [3.63, 3.8) is 0 Å². The van der Waals surface area contributed by atoms with Crippen molar-refractivity contribution in [2.45, 2.75) is 44.2 Å². The molecule has 5 nitrogen and oxygen atoms in total. The lowest BCUT2D eigenvalue weighted by Crippen LogP contribution is -2.40. The van der Waals surface area contributed by atoms with E-state index >= 15 is 0 Å². The first-order valence-corrected chi connectivity index (χ1v) is 8.64. The normalized spacial score (nSPS) is 20.0. The van der Waals surface area contributed by atoms with Crippen LogP contribution in [0.1, 0.15) is 36.0 Å². The zero-order valence-corrected chi connectivity index (χ0v) is 14.4. The van der Waals surface area contributed by atoms with Crippen LogP contribution >= 0.6 is 0 Å². The second-order valence-electron chi connectivity index (χ2n) is 6.28. The third kappa shape index (κ3) is 5.60. The van der Waals surface area contributed by atoms with Gasteiger partial charge in [-0.15, -0.1) is 13.2 Å². The summed E-state index contributed by atoms with van der Waals surface area (Å²) < 4.78 is 47.2. The molecule has 1 amide bonds. The van der Waals surface area contributed by atoms with Gasteiger partial charge >= 0.3 is 6.36 Å². The zero-order chi connectivity index (χ0) is 19.3. The number of ether oxygens (including phenoxy) is 2. The van der Waals surface area contributed by atoms with Crippen LogP contribution in [-0.2, 0) is 0 Å². The number of benzene rings is 1. The van der Waals surface area contributed by atoms with Gasteiger partial charge in [-0.25, -0.2) is 4.98 Å². The highest BCUT2D eigenvalue weighted by molar-refractivity contribution is 5.97. The molecule has 1 saturated carbocycles. The van der Waals surface area contributed by atoms with E-state index in [-0.39, 0.29) is 17.7 Å². The monoisotopic (exact) mass is 380 g/mol. The smallest absolute Gasteiger partial charge is 0.474 e. The van der Waals surface area contributed by atoms with E-state index in [1.807, 2.05) is 6.07 Å². The highest BCUT2D eigenvalue weighted by atomic mass is 19.4. The molecular weight excluding hydrogens is 361 g/mol. The summed E-state index contributed by atoms with van der Waals surface area (Å²) >= 11 is 0. The SMILES string of the molecule is O=C(NC1CCC(Oc2ccccn2)CC1)c1ccccc1OC(F)(F)F. The van der Waals surface area contributed by atoms with E-state index in [1.54, 1.807) is 18.3 Å². The van der Waals surface area contributed by atoms with E-state index in [0.29, 0.717) is 18.7 Å². The molecule has 1 N–H and O–H groups in total. The molecule has 0 unspecified atom stereocenters. The molecule has 1 heterocycles. The van der Waals surface area contributed by atoms with Gasteiger partial charge in [0.25, 0.3) is 5.91 Å². The molecule has 1 fully saturated rings. The van der Waals surface area contributed by atoms with Crippen molar-refractivity contribution >= 4 is 5.91 Å². The summed E-state index contributed by atoms with van der Waals surface area (Å²) in [6.07, 6.45) is -0.394. The van der Waals surface area contributed by atoms with Crippen LogP contribution in [-0.4, -0.2) is 29.4 Å². The summed E-state index contributed by atoms with van der Waals surface area (Å²) in [7, 11) is 0. The van der Waals surface area contributed by atoms with Gasteiger partial charge in [-0.2, -0.15) is 0 Å². The van der Waals surface area contributed by atoms with Crippen molar-refractivity contribution in [3.8, 4) is 11.6 Å². The first-order chi connectivity index (χ1) is 12.9. The van der Waals surface area contributed by atoms with Gasteiger partial charge in [0.15, 0.2) is 0 Å². The Kier molecular flexibility index (Phi) is 5.83. The highest BCUT2D eigenvalue weighted by Gasteiger charge is 2.33. The van der Waals surface area contributed by atoms with Crippen LogP contribution in [0.5, 0.6) is 11.6 Å². The second-order valence-corrected chi connectivity index (χ2v) is 6.28. The molecule has 8 heteroatoms. The number of pyridine rings is 1. The standard InChI is InChI=1S/C19H19F3N2O3/c20-19(21,22)27-16-6-2-1-5-15(16)18(25)24-13-8-10-14(11-9-13)26-17-7-3-4-12-23-17/h1-7,12-14H,8-11H2,(H,24,25). The summed E-state index contributed by atoms with van der Waals surface area (Å²) in [6, 6.07) is 10.6. The molecule has 0 atom stereocenters. The van der Waals surface area contributed by atoms with E-state index in [0.717, 1.165) is 18.9 Å². The number of alkyl halides is 3. The Labute approximate surface area is 154 Å². The van der Waals surface area contributed by atoms with Gasteiger partial charge in [0.1, 0.15) is 11.9 Å². The maximum absolute atomic E-state index is 12.5. The summed E-state index contributed by atoms with van der Waals surface area (Å²) in [4.78, 5) is 16.5. The molecular formula is C19H19F3N2O3. The van der Waals surface area contributed by atoms with Gasteiger partial charge in [0.05, 0.1) is 5.56 Å². The van der Waals surface area contributed by atoms with E-state index in [9.17, 15) is 18.0 Å². The number of aromatic nitrogens is 1. The second kappa shape index (κ2) is 8.28. The summed E-state index contributed by atoms with van der Waals surface area (Å²) in [5.74, 6) is -0.526. The quantitative estimate of drug-likeness (QED) is 0.848. The molecule has 1 aliphatic rings. The zero-order valence-electron chi connectivity index (χ0n) is 14.4. The number of rotatable bonds is 5. The molecule has 0 radical (unpaired) electrons. The van der Waals surface area contributed by atoms with Crippen LogP contribution in [0.4, 0.5) is 13.2 Å². The van der Waals surface area contributed by atoms with E-state index in [4.69, 9.17) is 4.74 Å². The van der Waals surface area contributed by atoms with Gasteiger partial charge < -0.3 is 14.8 Å². The minimum Gasteiger partial charge on any atom is -0.474 e. The largest absolute Gasteiger partial charge is 0.573 e. The molecule has 1 aromatic heterocycles. The molecule has 27 heavy (non-hydrogen) atoms. The van der Waals surface area contributed by atoms with E-state index < -0.39 is 18.0 Å². The van der Waals surface area contributed by atoms with Crippen molar-refractivity contribution in [2.24, 2.45) is 0 Å². The number of nitrogens with zero attached hydrogens (tertiary/aromatic N) is 1. The Balaban J connectivity index is 1.54. The van der Waals surface area contributed by atoms with Gasteiger partial charge in [-0.05, 0) is 43.9 Å². The Morgan fingerprint density at radius 1 is 1.04 bits per heavy atom. The van der Waals surface area contributed by atoms with Gasteiger partial charge in [-0.3, -0.25) is 4.79 Å². The van der Waals surface area contributed by atoms with Crippen LogP contribution in [0.3, 0.4) is 0 Å². The number of halogens is 3. The topological polar surface area (TPSA) is 60.5 Å². The van der Waals surface area contributed by atoms with Crippen LogP contribution in [0, 0.1) is 0 Å². The fourth-order valence-corrected chi connectivity index (χ4v) is 3.04.